The van der Waals surface area contributed by atoms with Crippen LogP contribution in [-0.2, 0) is 0 Å². The molecule has 0 radical (unpaired) electrons. The average Bonchev–Trinajstić information content (AvgIpc) is 2.24. The number of pyridine rings is 1. The Labute approximate surface area is 98.9 Å². The van der Waals surface area contributed by atoms with E-state index in [9.17, 15) is 4.79 Å². The Hall–Kier alpha value is -1.66. The van der Waals surface area contributed by atoms with Crippen molar-refractivity contribution in [2.24, 2.45) is 0 Å². The molecule has 0 aromatic carbocycles. The number of rotatable bonds is 5. The molecule has 6 nitrogen and oxygen atoms in total. The van der Waals surface area contributed by atoms with E-state index in [0.717, 1.165) is 0 Å². The molecular weight excluding hydrogens is 224 g/mol. The van der Waals surface area contributed by atoms with Gasteiger partial charge in [0, 0.05) is 5.69 Å². The first-order valence-corrected chi connectivity index (χ1v) is 5.19. The Balaban J connectivity index is 3.16. The summed E-state index contributed by atoms with van der Waals surface area (Å²) in [6, 6.07) is 0.990. The maximum absolute atomic E-state index is 11.1. The van der Waals surface area contributed by atoms with Crippen LogP contribution in [0.3, 0.4) is 0 Å². The molecule has 0 aliphatic rings. The van der Waals surface area contributed by atoms with Crippen molar-refractivity contribution in [2.45, 2.75) is 19.9 Å². The standard InChI is InChI=1S/C11H16N2O4/c1-6-3-9(13-8(4-14)5-15)10(11(16)17)7(2)12-6/h3,8,14-15H,4-5H2,1-2H3,(H,12,13)(H,16,17). The van der Waals surface area contributed by atoms with Crippen LogP contribution in [0.15, 0.2) is 6.07 Å². The van der Waals surface area contributed by atoms with Gasteiger partial charge >= 0.3 is 5.97 Å². The van der Waals surface area contributed by atoms with E-state index in [1.807, 2.05) is 0 Å². The van der Waals surface area contributed by atoms with Crippen molar-refractivity contribution >= 4 is 11.7 Å². The van der Waals surface area contributed by atoms with Gasteiger partial charge in [-0.1, -0.05) is 0 Å². The van der Waals surface area contributed by atoms with Crippen LogP contribution in [-0.4, -0.2) is 45.5 Å². The van der Waals surface area contributed by atoms with Gasteiger partial charge in [0.25, 0.3) is 0 Å². The number of aromatic nitrogens is 1. The fraction of sp³-hybridized carbons (Fsp3) is 0.455. The molecule has 1 aromatic heterocycles. The van der Waals surface area contributed by atoms with E-state index < -0.39 is 12.0 Å². The molecule has 0 unspecified atom stereocenters. The number of carbonyl (C=O) groups is 1. The van der Waals surface area contributed by atoms with Crippen molar-refractivity contribution in [1.82, 2.24) is 4.98 Å². The van der Waals surface area contributed by atoms with Crippen LogP contribution in [0.4, 0.5) is 5.69 Å². The Kier molecular flexibility index (Phi) is 4.42. The number of nitrogens with zero attached hydrogens (tertiary/aromatic N) is 1. The summed E-state index contributed by atoms with van der Waals surface area (Å²) in [6.45, 7) is 2.79. The molecule has 17 heavy (non-hydrogen) atoms. The SMILES string of the molecule is Cc1cc(NC(CO)CO)c(C(=O)O)c(C)n1. The number of carboxylic acid groups (broad SMARTS) is 1. The van der Waals surface area contributed by atoms with Crippen molar-refractivity contribution in [1.29, 1.82) is 0 Å². The number of carboxylic acids is 1. The van der Waals surface area contributed by atoms with E-state index in [-0.39, 0.29) is 18.8 Å². The van der Waals surface area contributed by atoms with Crippen molar-refractivity contribution in [3.63, 3.8) is 0 Å². The quantitative estimate of drug-likeness (QED) is 0.584. The molecule has 6 heteroatoms. The molecule has 0 saturated heterocycles. The number of aliphatic hydroxyl groups is 2. The predicted molar refractivity (Wildman–Crippen MR) is 62.3 cm³/mol. The molecule has 0 aliphatic carbocycles. The van der Waals surface area contributed by atoms with Crippen molar-refractivity contribution in [2.75, 3.05) is 18.5 Å². The second-order valence-electron chi connectivity index (χ2n) is 3.78. The second-order valence-corrected chi connectivity index (χ2v) is 3.78. The van der Waals surface area contributed by atoms with Crippen LogP contribution in [0.25, 0.3) is 0 Å². The average molecular weight is 240 g/mol. The Morgan fingerprint density at radius 1 is 1.41 bits per heavy atom. The normalized spacial score (nSPS) is 10.6. The van der Waals surface area contributed by atoms with Gasteiger partial charge in [0.1, 0.15) is 5.56 Å². The first-order valence-electron chi connectivity index (χ1n) is 5.19. The van der Waals surface area contributed by atoms with E-state index in [2.05, 4.69) is 10.3 Å². The molecule has 0 aliphatic heterocycles. The van der Waals surface area contributed by atoms with Gasteiger partial charge in [0.2, 0.25) is 0 Å². The molecule has 0 fully saturated rings. The van der Waals surface area contributed by atoms with E-state index in [0.29, 0.717) is 17.1 Å². The highest BCUT2D eigenvalue weighted by molar-refractivity contribution is 5.95. The zero-order valence-corrected chi connectivity index (χ0v) is 9.77. The molecule has 1 aromatic rings. The Morgan fingerprint density at radius 3 is 2.47 bits per heavy atom. The number of hydrogen-bond donors (Lipinski definition) is 4. The van der Waals surface area contributed by atoms with Crippen molar-refractivity contribution < 1.29 is 20.1 Å². The third-order valence-corrected chi connectivity index (χ3v) is 2.34. The van der Waals surface area contributed by atoms with Crippen LogP contribution in [0.2, 0.25) is 0 Å². The summed E-state index contributed by atoms with van der Waals surface area (Å²) in [4.78, 5) is 15.2. The maximum atomic E-state index is 11.1. The molecule has 94 valence electrons. The van der Waals surface area contributed by atoms with Gasteiger partial charge < -0.3 is 20.6 Å². The van der Waals surface area contributed by atoms with Crippen LogP contribution in [0, 0.1) is 13.8 Å². The minimum Gasteiger partial charge on any atom is -0.478 e. The first kappa shape index (κ1) is 13.4. The van der Waals surface area contributed by atoms with Gasteiger partial charge in [-0.15, -0.1) is 0 Å². The molecule has 0 saturated carbocycles. The lowest BCUT2D eigenvalue weighted by molar-refractivity contribution is 0.0696. The summed E-state index contributed by atoms with van der Waals surface area (Å²) >= 11 is 0. The lowest BCUT2D eigenvalue weighted by Gasteiger charge is -2.18. The summed E-state index contributed by atoms with van der Waals surface area (Å²) in [6.07, 6.45) is 0. The van der Waals surface area contributed by atoms with Crippen LogP contribution in [0.1, 0.15) is 21.7 Å². The minimum absolute atomic E-state index is 0.0579. The number of aromatic carboxylic acids is 1. The number of aliphatic hydroxyl groups excluding tert-OH is 2. The zero-order chi connectivity index (χ0) is 13.0. The van der Waals surface area contributed by atoms with Crippen molar-refractivity contribution in [3.8, 4) is 0 Å². The van der Waals surface area contributed by atoms with Gasteiger partial charge in [-0.05, 0) is 19.9 Å². The van der Waals surface area contributed by atoms with Gasteiger partial charge in [-0.3, -0.25) is 4.98 Å². The molecule has 0 amide bonds. The molecule has 1 rings (SSSR count). The first-order chi connectivity index (χ1) is 7.99. The smallest absolute Gasteiger partial charge is 0.339 e. The lowest BCUT2D eigenvalue weighted by atomic mass is 10.1. The van der Waals surface area contributed by atoms with Crippen LogP contribution < -0.4 is 5.32 Å². The predicted octanol–water partition coefficient (Wildman–Crippen LogP) is 0.162. The van der Waals surface area contributed by atoms with Gasteiger partial charge in [-0.2, -0.15) is 0 Å². The lowest BCUT2D eigenvalue weighted by Crippen LogP contribution is -2.29. The summed E-state index contributed by atoms with van der Waals surface area (Å²) in [5.74, 6) is -1.09. The van der Waals surface area contributed by atoms with E-state index in [1.54, 1.807) is 19.9 Å². The number of aryl methyl sites for hydroxylation is 2. The molecule has 1 heterocycles. The summed E-state index contributed by atoms with van der Waals surface area (Å²) in [7, 11) is 0. The zero-order valence-electron chi connectivity index (χ0n) is 9.77. The minimum atomic E-state index is -1.09. The fourth-order valence-corrected chi connectivity index (χ4v) is 1.58. The van der Waals surface area contributed by atoms with Gasteiger partial charge in [0.05, 0.1) is 30.6 Å². The van der Waals surface area contributed by atoms with E-state index >= 15 is 0 Å². The molecule has 0 bridgehead atoms. The Bertz CT molecular complexity index is 416. The van der Waals surface area contributed by atoms with Crippen LogP contribution in [0.5, 0.6) is 0 Å². The highest BCUT2D eigenvalue weighted by Crippen LogP contribution is 2.20. The van der Waals surface area contributed by atoms with Gasteiger partial charge in [0.15, 0.2) is 0 Å². The van der Waals surface area contributed by atoms with E-state index in [1.165, 1.54) is 0 Å². The van der Waals surface area contributed by atoms with Gasteiger partial charge in [-0.25, -0.2) is 4.79 Å². The molecule has 0 atom stereocenters. The van der Waals surface area contributed by atoms with Crippen LogP contribution >= 0.6 is 0 Å². The molecule has 0 spiro atoms. The van der Waals surface area contributed by atoms with Crippen molar-refractivity contribution in [3.05, 3.63) is 23.0 Å². The number of hydrogen-bond acceptors (Lipinski definition) is 5. The molecule has 4 N–H and O–H groups in total. The largest absolute Gasteiger partial charge is 0.478 e. The monoisotopic (exact) mass is 240 g/mol. The highest BCUT2D eigenvalue weighted by atomic mass is 16.4. The Morgan fingerprint density at radius 2 is 2.00 bits per heavy atom. The van der Waals surface area contributed by atoms with E-state index in [4.69, 9.17) is 15.3 Å². The summed E-state index contributed by atoms with van der Waals surface area (Å²) in [5.41, 5.74) is 1.48. The third-order valence-electron chi connectivity index (χ3n) is 2.34. The number of anilines is 1. The third kappa shape index (κ3) is 3.15. The highest BCUT2D eigenvalue weighted by Gasteiger charge is 2.17. The maximum Gasteiger partial charge on any atom is 0.339 e. The fourth-order valence-electron chi connectivity index (χ4n) is 1.58. The summed E-state index contributed by atoms with van der Waals surface area (Å²) < 4.78 is 0. The summed E-state index contributed by atoms with van der Waals surface area (Å²) in [5, 5.41) is 29.8. The topological polar surface area (TPSA) is 103 Å². The second kappa shape index (κ2) is 5.60. The molecular formula is C11H16N2O4. The number of nitrogens with one attached hydrogen (secondary N) is 1.